The summed E-state index contributed by atoms with van der Waals surface area (Å²) in [7, 11) is -3.04. The standard InChI is InChI=1S/C12H20N2O3S/c1-18(16,17)11-7-8-14(9-11)12(15)13-10-5-3-2-4-6-10/h3,5,10-11H,2,4,6-9H2,1H3,(H,13,15)/t10-,11+/m0/s1. The van der Waals surface area contributed by atoms with Crippen LogP contribution in [0.25, 0.3) is 0 Å². The molecule has 1 saturated heterocycles. The SMILES string of the molecule is CS(=O)(=O)[C@@H]1CCN(C(=O)N[C@H]2C=CCCC2)C1. The van der Waals surface area contributed by atoms with Gasteiger partial charge in [0, 0.05) is 25.4 Å². The Morgan fingerprint density at radius 3 is 2.72 bits per heavy atom. The summed E-state index contributed by atoms with van der Waals surface area (Å²) in [5.41, 5.74) is 0. The molecule has 0 aromatic rings. The van der Waals surface area contributed by atoms with E-state index in [2.05, 4.69) is 11.4 Å². The fraction of sp³-hybridized carbons (Fsp3) is 0.750. The zero-order chi connectivity index (χ0) is 13.2. The van der Waals surface area contributed by atoms with Crippen molar-refractivity contribution in [3.05, 3.63) is 12.2 Å². The average Bonchev–Trinajstić information content (AvgIpc) is 2.79. The van der Waals surface area contributed by atoms with E-state index in [-0.39, 0.29) is 12.1 Å². The van der Waals surface area contributed by atoms with Gasteiger partial charge in [-0.1, -0.05) is 12.2 Å². The van der Waals surface area contributed by atoms with Crippen molar-refractivity contribution in [1.82, 2.24) is 10.2 Å². The Morgan fingerprint density at radius 2 is 2.17 bits per heavy atom. The second-order valence-electron chi connectivity index (χ2n) is 5.10. The molecule has 5 nitrogen and oxygen atoms in total. The third-order valence-corrected chi connectivity index (χ3v) is 5.20. The maximum Gasteiger partial charge on any atom is 0.317 e. The monoisotopic (exact) mass is 272 g/mol. The summed E-state index contributed by atoms with van der Waals surface area (Å²) in [6.07, 6.45) is 9.02. The van der Waals surface area contributed by atoms with Gasteiger partial charge in [-0.3, -0.25) is 0 Å². The number of allylic oxidation sites excluding steroid dienone is 1. The Hall–Kier alpha value is -1.04. The van der Waals surface area contributed by atoms with Crippen LogP contribution in [0.4, 0.5) is 4.79 Å². The van der Waals surface area contributed by atoms with Crippen LogP contribution in [0, 0.1) is 0 Å². The van der Waals surface area contributed by atoms with Crippen molar-refractivity contribution in [2.24, 2.45) is 0 Å². The minimum Gasteiger partial charge on any atom is -0.332 e. The molecule has 102 valence electrons. The summed E-state index contributed by atoms with van der Waals surface area (Å²) < 4.78 is 22.8. The summed E-state index contributed by atoms with van der Waals surface area (Å²) in [6.45, 7) is 0.848. The van der Waals surface area contributed by atoms with Gasteiger partial charge in [0.25, 0.3) is 0 Å². The molecule has 0 aromatic heterocycles. The van der Waals surface area contributed by atoms with Gasteiger partial charge in [0.2, 0.25) is 0 Å². The van der Waals surface area contributed by atoms with Gasteiger partial charge in [-0.15, -0.1) is 0 Å². The summed E-state index contributed by atoms with van der Waals surface area (Å²) in [5, 5.41) is 2.54. The van der Waals surface area contributed by atoms with Crippen LogP contribution in [0.2, 0.25) is 0 Å². The fourth-order valence-electron chi connectivity index (χ4n) is 2.44. The van der Waals surface area contributed by atoms with Gasteiger partial charge in [0.1, 0.15) is 0 Å². The first-order valence-corrected chi connectivity index (χ1v) is 8.33. The Labute approximate surface area is 108 Å². The van der Waals surface area contributed by atoms with E-state index in [1.807, 2.05) is 6.08 Å². The first-order valence-electron chi connectivity index (χ1n) is 6.38. The number of sulfone groups is 1. The molecular weight excluding hydrogens is 252 g/mol. The van der Waals surface area contributed by atoms with Crippen molar-refractivity contribution in [3.8, 4) is 0 Å². The summed E-state index contributed by atoms with van der Waals surface area (Å²) in [4.78, 5) is 13.6. The highest BCUT2D eigenvalue weighted by molar-refractivity contribution is 7.91. The molecule has 0 spiro atoms. The summed E-state index contributed by atoms with van der Waals surface area (Å²) >= 11 is 0. The molecule has 1 aliphatic carbocycles. The second kappa shape index (κ2) is 5.30. The second-order valence-corrected chi connectivity index (χ2v) is 7.43. The number of likely N-dealkylation sites (tertiary alicyclic amines) is 1. The van der Waals surface area contributed by atoms with E-state index >= 15 is 0 Å². The molecule has 0 aromatic carbocycles. The van der Waals surface area contributed by atoms with E-state index in [4.69, 9.17) is 0 Å². The summed E-state index contributed by atoms with van der Waals surface area (Å²) in [6, 6.07) is -0.0405. The quantitative estimate of drug-likeness (QED) is 0.760. The highest BCUT2D eigenvalue weighted by atomic mass is 32.2. The minimum atomic E-state index is -3.04. The van der Waals surface area contributed by atoms with Crippen LogP contribution in [0.5, 0.6) is 0 Å². The number of hydrogen-bond acceptors (Lipinski definition) is 3. The number of amides is 2. The smallest absolute Gasteiger partial charge is 0.317 e. The highest BCUT2D eigenvalue weighted by Gasteiger charge is 2.32. The molecule has 1 N–H and O–H groups in total. The minimum absolute atomic E-state index is 0.100. The van der Waals surface area contributed by atoms with E-state index in [0.29, 0.717) is 19.5 Å². The molecule has 2 atom stereocenters. The first-order chi connectivity index (χ1) is 8.47. The number of hydrogen-bond donors (Lipinski definition) is 1. The molecule has 0 bridgehead atoms. The molecule has 18 heavy (non-hydrogen) atoms. The lowest BCUT2D eigenvalue weighted by Crippen LogP contribution is -2.44. The number of carbonyl (C=O) groups is 1. The van der Waals surface area contributed by atoms with Crippen LogP contribution in [0.15, 0.2) is 12.2 Å². The molecule has 2 amide bonds. The lowest BCUT2D eigenvalue weighted by atomic mass is 10.0. The predicted molar refractivity (Wildman–Crippen MR) is 70.1 cm³/mol. The maximum atomic E-state index is 12.0. The van der Waals surface area contributed by atoms with Crippen molar-refractivity contribution in [2.45, 2.75) is 37.0 Å². The molecule has 0 radical (unpaired) electrons. The van der Waals surface area contributed by atoms with Crippen LogP contribution in [0.3, 0.4) is 0 Å². The zero-order valence-electron chi connectivity index (χ0n) is 10.6. The molecule has 2 aliphatic rings. The van der Waals surface area contributed by atoms with Crippen molar-refractivity contribution < 1.29 is 13.2 Å². The molecule has 0 saturated carbocycles. The van der Waals surface area contributed by atoms with Crippen LogP contribution in [-0.4, -0.2) is 50.0 Å². The van der Waals surface area contributed by atoms with E-state index in [1.165, 1.54) is 6.26 Å². The Kier molecular flexibility index (Phi) is 3.94. The number of nitrogens with one attached hydrogen (secondary N) is 1. The third kappa shape index (κ3) is 3.25. The summed E-state index contributed by atoms with van der Waals surface area (Å²) in [5.74, 6) is 0. The molecule has 6 heteroatoms. The lowest BCUT2D eigenvalue weighted by Gasteiger charge is -2.23. The van der Waals surface area contributed by atoms with Crippen molar-refractivity contribution >= 4 is 15.9 Å². The third-order valence-electron chi connectivity index (χ3n) is 3.60. The molecule has 1 fully saturated rings. The van der Waals surface area contributed by atoms with Gasteiger partial charge in [-0.05, 0) is 25.7 Å². The Bertz CT molecular complexity index is 444. The Balaban J connectivity index is 1.87. The van der Waals surface area contributed by atoms with Crippen LogP contribution >= 0.6 is 0 Å². The van der Waals surface area contributed by atoms with Crippen molar-refractivity contribution in [3.63, 3.8) is 0 Å². The van der Waals surface area contributed by atoms with E-state index in [9.17, 15) is 13.2 Å². The van der Waals surface area contributed by atoms with E-state index < -0.39 is 15.1 Å². The average molecular weight is 272 g/mol. The van der Waals surface area contributed by atoms with Gasteiger partial charge in [-0.25, -0.2) is 13.2 Å². The first kappa shape index (κ1) is 13.4. The molecule has 0 unspecified atom stereocenters. The molecule has 2 rings (SSSR count). The topological polar surface area (TPSA) is 66.5 Å². The maximum absolute atomic E-state index is 12.0. The number of nitrogens with zero attached hydrogens (tertiary/aromatic N) is 1. The van der Waals surface area contributed by atoms with Crippen LogP contribution < -0.4 is 5.32 Å². The largest absolute Gasteiger partial charge is 0.332 e. The van der Waals surface area contributed by atoms with Crippen molar-refractivity contribution in [2.75, 3.05) is 19.3 Å². The Morgan fingerprint density at radius 1 is 1.39 bits per heavy atom. The van der Waals surface area contributed by atoms with Gasteiger partial charge >= 0.3 is 6.03 Å². The van der Waals surface area contributed by atoms with Crippen LogP contribution in [-0.2, 0) is 9.84 Å². The fourth-order valence-corrected chi connectivity index (χ4v) is 3.43. The van der Waals surface area contributed by atoms with Crippen LogP contribution in [0.1, 0.15) is 25.7 Å². The van der Waals surface area contributed by atoms with Gasteiger partial charge in [0.15, 0.2) is 9.84 Å². The number of urea groups is 1. The van der Waals surface area contributed by atoms with Crippen molar-refractivity contribution in [1.29, 1.82) is 0 Å². The van der Waals surface area contributed by atoms with E-state index in [0.717, 1.165) is 19.3 Å². The van der Waals surface area contributed by atoms with Gasteiger partial charge < -0.3 is 10.2 Å². The normalized spacial score (nSPS) is 28.4. The molecule has 1 aliphatic heterocycles. The predicted octanol–water partition coefficient (Wildman–Crippen LogP) is 0.924. The van der Waals surface area contributed by atoms with Gasteiger partial charge in [-0.2, -0.15) is 0 Å². The zero-order valence-corrected chi connectivity index (χ0v) is 11.4. The number of carbonyl (C=O) groups excluding carboxylic acids is 1. The highest BCUT2D eigenvalue weighted by Crippen LogP contribution is 2.17. The number of rotatable bonds is 2. The van der Waals surface area contributed by atoms with E-state index in [1.54, 1.807) is 4.90 Å². The molecule has 1 heterocycles. The molecular formula is C12H20N2O3S. The lowest BCUT2D eigenvalue weighted by molar-refractivity contribution is 0.206. The van der Waals surface area contributed by atoms with Gasteiger partial charge in [0.05, 0.1) is 5.25 Å².